The fourth-order valence-electron chi connectivity index (χ4n) is 3.18. The van der Waals surface area contributed by atoms with Crippen LogP contribution in [0.1, 0.15) is 30.1 Å². The molecule has 0 saturated carbocycles. The second kappa shape index (κ2) is 7.68. The van der Waals surface area contributed by atoms with Crippen LogP contribution in [0.5, 0.6) is 5.75 Å². The van der Waals surface area contributed by atoms with E-state index in [1.807, 2.05) is 35.0 Å². The monoisotopic (exact) mass is 374 g/mol. The van der Waals surface area contributed by atoms with Crippen LogP contribution in [0.4, 0.5) is 5.82 Å². The average Bonchev–Trinajstić information content (AvgIpc) is 3.07. The molecule has 2 heterocycles. The van der Waals surface area contributed by atoms with E-state index < -0.39 is 0 Å². The third-order valence-corrected chi connectivity index (χ3v) is 4.73. The Kier molecular flexibility index (Phi) is 4.93. The van der Waals surface area contributed by atoms with Crippen LogP contribution in [0.3, 0.4) is 0 Å². The van der Waals surface area contributed by atoms with E-state index >= 15 is 0 Å². The highest BCUT2D eigenvalue weighted by Crippen LogP contribution is 2.26. The summed E-state index contributed by atoms with van der Waals surface area (Å²) in [5.41, 5.74) is 2.25. The lowest BCUT2D eigenvalue weighted by molar-refractivity contribution is 0.102. The lowest BCUT2D eigenvalue weighted by atomic mass is 10.1. The first kappa shape index (κ1) is 18.0. The zero-order chi connectivity index (χ0) is 19.5. The Morgan fingerprint density at radius 2 is 1.93 bits per heavy atom. The molecule has 2 aromatic carbocycles. The number of aromatic nitrogens is 3. The van der Waals surface area contributed by atoms with Crippen LogP contribution < -0.4 is 10.1 Å². The first-order chi connectivity index (χ1) is 13.7. The molecule has 4 rings (SSSR count). The van der Waals surface area contributed by atoms with Crippen molar-refractivity contribution in [2.24, 2.45) is 0 Å². The first-order valence-corrected chi connectivity index (χ1v) is 9.41. The van der Waals surface area contributed by atoms with Crippen LogP contribution in [0.25, 0.3) is 21.9 Å². The Morgan fingerprint density at radius 1 is 1.14 bits per heavy atom. The molecule has 142 valence electrons. The number of ether oxygens (including phenoxy) is 1. The number of rotatable bonds is 6. The van der Waals surface area contributed by atoms with Gasteiger partial charge in [0, 0.05) is 17.5 Å². The minimum atomic E-state index is -0.210. The zero-order valence-corrected chi connectivity index (χ0v) is 16.0. The number of para-hydroxylation sites is 1. The molecule has 1 N–H and O–H groups in total. The van der Waals surface area contributed by atoms with E-state index in [1.165, 1.54) is 0 Å². The Bertz CT molecular complexity index is 1130. The molecule has 0 fully saturated rings. The summed E-state index contributed by atoms with van der Waals surface area (Å²) >= 11 is 0. The van der Waals surface area contributed by atoms with Crippen molar-refractivity contribution in [3.63, 3.8) is 0 Å². The van der Waals surface area contributed by atoms with Gasteiger partial charge >= 0.3 is 0 Å². The Labute approximate surface area is 163 Å². The number of fused-ring (bicyclic) bond motifs is 2. The number of amides is 1. The molecule has 4 aromatic rings. The molecule has 1 amide bonds. The van der Waals surface area contributed by atoms with Gasteiger partial charge < -0.3 is 10.1 Å². The largest absolute Gasteiger partial charge is 0.497 e. The molecule has 0 aliphatic heterocycles. The SMILES string of the molecule is CCCCn1nc(NC(=O)c2ccc(OC)cc2)c2cc3ccccc3nc21. The number of nitrogens with zero attached hydrogens (tertiary/aromatic N) is 3. The Balaban J connectivity index is 1.74. The minimum absolute atomic E-state index is 0.210. The summed E-state index contributed by atoms with van der Waals surface area (Å²) in [6.07, 6.45) is 2.06. The maximum absolute atomic E-state index is 12.7. The van der Waals surface area contributed by atoms with Gasteiger partial charge in [0.25, 0.3) is 5.91 Å². The molecule has 0 radical (unpaired) electrons. The molecule has 28 heavy (non-hydrogen) atoms. The van der Waals surface area contributed by atoms with Crippen LogP contribution in [-0.2, 0) is 6.54 Å². The molecule has 0 unspecified atom stereocenters. The fourth-order valence-corrected chi connectivity index (χ4v) is 3.18. The van der Waals surface area contributed by atoms with Crippen molar-refractivity contribution in [1.82, 2.24) is 14.8 Å². The smallest absolute Gasteiger partial charge is 0.256 e. The van der Waals surface area contributed by atoms with Crippen LogP contribution >= 0.6 is 0 Å². The van der Waals surface area contributed by atoms with E-state index in [0.717, 1.165) is 41.3 Å². The number of nitrogens with one attached hydrogen (secondary N) is 1. The summed E-state index contributed by atoms with van der Waals surface area (Å²) in [7, 11) is 1.60. The molecule has 0 saturated heterocycles. The quantitative estimate of drug-likeness (QED) is 0.533. The third-order valence-electron chi connectivity index (χ3n) is 4.73. The first-order valence-electron chi connectivity index (χ1n) is 9.41. The maximum Gasteiger partial charge on any atom is 0.256 e. The van der Waals surface area contributed by atoms with E-state index in [2.05, 4.69) is 17.3 Å². The van der Waals surface area contributed by atoms with Crippen molar-refractivity contribution in [2.75, 3.05) is 12.4 Å². The number of benzene rings is 2. The van der Waals surface area contributed by atoms with Gasteiger partial charge in [-0.15, -0.1) is 0 Å². The summed E-state index contributed by atoms with van der Waals surface area (Å²) in [5.74, 6) is 1.03. The lowest BCUT2D eigenvalue weighted by Gasteiger charge is -2.04. The van der Waals surface area contributed by atoms with Crippen LogP contribution in [-0.4, -0.2) is 27.8 Å². The highest BCUT2D eigenvalue weighted by molar-refractivity contribution is 6.08. The normalized spacial score (nSPS) is 11.1. The molecule has 6 heteroatoms. The van der Waals surface area contributed by atoms with E-state index in [4.69, 9.17) is 9.72 Å². The van der Waals surface area contributed by atoms with Gasteiger partial charge in [0.15, 0.2) is 11.5 Å². The van der Waals surface area contributed by atoms with Crippen LogP contribution in [0.15, 0.2) is 54.6 Å². The van der Waals surface area contributed by atoms with Crippen molar-refractivity contribution < 1.29 is 9.53 Å². The number of pyridine rings is 1. The molecular formula is C22H22N4O2. The number of hydrogen-bond acceptors (Lipinski definition) is 4. The van der Waals surface area contributed by atoms with E-state index in [9.17, 15) is 4.79 Å². The number of carbonyl (C=O) groups excluding carboxylic acids is 1. The second-order valence-corrected chi connectivity index (χ2v) is 6.66. The standard InChI is InChI=1S/C22H22N4O2/c1-3-4-13-26-21-18(14-16-7-5-6-8-19(16)23-21)20(25-26)24-22(27)15-9-11-17(28-2)12-10-15/h5-12,14H,3-4,13H2,1-2H3,(H,24,25,27). The predicted octanol–water partition coefficient (Wildman–Crippen LogP) is 4.65. The van der Waals surface area contributed by atoms with E-state index in [1.54, 1.807) is 31.4 Å². The predicted molar refractivity (Wildman–Crippen MR) is 111 cm³/mol. The summed E-state index contributed by atoms with van der Waals surface area (Å²) in [6, 6.07) is 17.0. The van der Waals surface area contributed by atoms with Crippen molar-refractivity contribution in [3.8, 4) is 5.75 Å². The van der Waals surface area contributed by atoms with Crippen molar-refractivity contribution in [2.45, 2.75) is 26.3 Å². The van der Waals surface area contributed by atoms with Gasteiger partial charge in [0.1, 0.15) is 5.75 Å². The van der Waals surface area contributed by atoms with Gasteiger partial charge in [-0.1, -0.05) is 31.5 Å². The fraction of sp³-hybridized carbons (Fsp3) is 0.227. The van der Waals surface area contributed by atoms with Crippen LogP contribution in [0.2, 0.25) is 0 Å². The Hall–Kier alpha value is -3.41. The molecule has 0 aliphatic rings. The van der Waals surface area contributed by atoms with Crippen LogP contribution in [0, 0.1) is 0 Å². The number of hydrogen-bond donors (Lipinski definition) is 1. The number of carbonyl (C=O) groups is 1. The van der Waals surface area contributed by atoms with E-state index in [-0.39, 0.29) is 5.91 Å². The van der Waals surface area contributed by atoms with Gasteiger partial charge in [-0.2, -0.15) is 5.10 Å². The highest BCUT2D eigenvalue weighted by atomic mass is 16.5. The molecule has 0 atom stereocenters. The topological polar surface area (TPSA) is 69.0 Å². The summed E-state index contributed by atoms with van der Waals surface area (Å²) in [5, 5.41) is 9.46. The van der Waals surface area contributed by atoms with Gasteiger partial charge in [-0.25, -0.2) is 9.67 Å². The maximum atomic E-state index is 12.7. The number of unbranched alkanes of at least 4 members (excludes halogenated alkanes) is 1. The molecule has 0 bridgehead atoms. The Morgan fingerprint density at radius 3 is 2.68 bits per heavy atom. The molecular weight excluding hydrogens is 352 g/mol. The zero-order valence-electron chi connectivity index (χ0n) is 16.0. The summed E-state index contributed by atoms with van der Waals surface area (Å²) < 4.78 is 7.03. The highest BCUT2D eigenvalue weighted by Gasteiger charge is 2.16. The lowest BCUT2D eigenvalue weighted by Crippen LogP contribution is -2.13. The number of aryl methyl sites for hydroxylation is 1. The molecule has 0 aliphatic carbocycles. The molecule has 2 aromatic heterocycles. The number of anilines is 1. The number of methoxy groups -OCH3 is 1. The van der Waals surface area contributed by atoms with E-state index in [0.29, 0.717) is 17.1 Å². The van der Waals surface area contributed by atoms with Gasteiger partial charge in [0.05, 0.1) is 18.0 Å². The summed E-state index contributed by atoms with van der Waals surface area (Å²) in [6.45, 7) is 2.90. The molecule has 0 spiro atoms. The second-order valence-electron chi connectivity index (χ2n) is 6.66. The third kappa shape index (κ3) is 3.41. The minimum Gasteiger partial charge on any atom is -0.497 e. The van der Waals surface area contributed by atoms with Crippen molar-refractivity contribution >= 4 is 33.7 Å². The molecule has 6 nitrogen and oxygen atoms in total. The van der Waals surface area contributed by atoms with Crippen molar-refractivity contribution in [1.29, 1.82) is 0 Å². The average molecular weight is 374 g/mol. The van der Waals surface area contributed by atoms with Gasteiger partial charge in [-0.3, -0.25) is 4.79 Å². The van der Waals surface area contributed by atoms with Gasteiger partial charge in [0.2, 0.25) is 0 Å². The summed E-state index contributed by atoms with van der Waals surface area (Å²) in [4.78, 5) is 17.5. The van der Waals surface area contributed by atoms with Crippen molar-refractivity contribution in [3.05, 3.63) is 60.2 Å². The van der Waals surface area contributed by atoms with Gasteiger partial charge in [-0.05, 0) is 42.8 Å².